The molecular weight excluding hydrogens is 334 g/mol. The van der Waals surface area contributed by atoms with Gasteiger partial charge in [-0.05, 0) is 30.0 Å². The van der Waals surface area contributed by atoms with Crippen molar-refractivity contribution in [2.45, 2.75) is 19.6 Å². The molecule has 1 aromatic heterocycles. The van der Waals surface area contributed by atoms with E-state index in [2.05, 4.69) is 0 Å². The van der Waals surface area contributed by atoms with Crippen molar-refractivity contribution in [3.8, 4) is 0 Å². The van der Waals surface area contributed by atoms with E-state index in [1.54, 1.807) is 24.9 Å². The van der Waals surface area contributed by atoms with E-state index in [0.29, 0.717) is 11.4 Å². The average molecular weight is 353 g/mol. The first-order chi connectivity index (χ1) is 12.0. The first-order valence-electron chi connectivity index (χ1n) is 8.03. The molecule has 3 rings (SSSR count). The van der Waals surface area contributed by atoms with Gasteiger partial charge in [-0.1, -0.05) is 48.5 Å². The summed E-state index contributed by atoms with van der Waals surface area (Å²) >= 11 is 1.37. The number of likely N-dealkylation sites (N-methyl/N-ethyl adjacent to an activating group) is 1. The lowest BCUT2D eigenvalue weighted by atomic mass is 10.2. The smallest absolute Gasteiger partial charge is 0.349 e. The molecule has 0 saturated carbocycles. The fourth-order valence-electron chi connectivity index (χ4n) is 2.60. The maximum Gasteiger partial charge on any atom is 0.349 e. The van der Waals surface area contributed by atoms with E-state index in [-0.39, 0.29) is 5.91 Å². The van der Waals surface area contributed by atoms with Gasteiger partial charge in [-0.25, -0.2) is 4.79 Å². The number of amides is 1. The van der Waals surface area contributed by atoms with Crippen molar-refractivity contribution in [3.63, 3.8) is 0 Å². The largest absolute Gasteiger partial charge is 0.448 e. The highest BCUT2D eigenvalue weighted by atomic mass is 32.1. The Hall–Kier alpha value is -2.66. The van der Waals surface area contributed by atoms with E-state index < -0.39 is 12.1 Å². The van der Waals surface area contributed by atoms with E-state index >= 15 is 0 Å². The molecule has 0 unspecified atom stereocenters. The van der Waals surface area contributed by atoms with Gasteiger partial charge in [0.15, 0.2) is 6.10 Å². The summed E-state index contributed by atoms with van der Waals surface area (Å²) in [5.41, 5.74) is 1.03. The number of ether oxygens (including phenoxy) is 1. The van der Waals surface area contributed by atoms with Gasteiger partial charge in [0.25, 0.3) is 5.91 Å². The number of esters is 1. The molecule has 4 nitrogen and oxygen atoms in total. The third kappa shape index (κ3) is 4.06. The van der Waals surface area contributed by atoms with Gasteiger partial charge >= 0.3 is 5.97 Å². The molecule has 0 saturated heterocycles. The average Bonchev–Trinajstić information content (AvgIpc) is 3.06. The molecular formula is C20H19NO3S. The number of hydrogen-bond donors (Lipinski definition) is 0. The van der Waals surface area contributed by atoms with Crippen LogP contribution in [0.2, 0.25) is 0 Å². The fourth-order valence-corrected chi connectivity index (χ4v) is 3.54. The van der Waals surface area contributed by atoms with Crippen LogP contribution < -0.4 is 0 Å². The predicted molar refractivity (Wildman–Crippen MR) is 99.6 cm³/mol. The topological polar surface area (TPSA) is 46.6 Å². The number of carbonyl (C=O) groups excluding carboxylic acids is 2. The monoisotopic (exact) mass is 353 g/mol. The standard InChI is InChI=1S/C20H19NO3S/c1-14(19(22)21(2)13-15-8-4-3-5-9-15)24-20(23)18-12-16-10-6-7-11-17(16)25-18/h3-12,14H,13H2,1-2H3/t14-/m1/s1. The van der Waals surface area contributed by atoms with Crippen LogP contribution in [-0.4, -0.2) is 29.9 Å². The van der Waals surface area contributed by atoms with Crippen LogP contribution in [0.25, 0.3) is 10.1 Å². The highest BCUT2D eigenvalue weighted by Crippen LogP contribution is 2.26. The van der Waals surface area contributed by atoms with E-state index in [4.69, 9.17) is 4.74 Å². The van der Waals surface area contributed by atoms with Crippen LogP contribution in [0.3, 0.4) is 0 Å². The van der Waals surface area contributed by atoms with Crippen LogP contribution in [0, 0.1) is 0 Å². The summed E-state index contributed by atoms with van der Waals surface area (Å²) in [6.07, 6.45) is -0.827. The zero-order valence-corrected chi connectivity index (χ0v) is 15.0. The predicted octanol–water partition coefficient (Wildman–Crippen LogP) is 4.11. The van der Waals surface area contributed by atoms with Crippen molar-refractivity contribution >= 4 is 33.3 Å². The molecule has 128 valence electrons. The summed E-state index contributed by atoms with van der Waals surface area (Å²) in [5.74, 6) is -0.687. The van der Waals surface area contributed by atoms with Crippen molar-refractivity contribution in [1.82, 2.24) is 4.90 Å². The Kier molecular flexibility index (Phi) is 5.14. The Morgan fingerprint density at radius 2 is 1.76 bits per heavy atom. The van der Waals surface area contributed by atoms with Crippen molar-refractivity contribution in [1.29, 1.82) is 0 Å². The number of benzene rings is 2. The van der Waals surface area contributed by atoms with Gasteiger partial charge in [-0.15, -0.1) is 11.3 Å². The number of hydrogen-bond acceptors (Lipinski definition) is 4. The van der Waals surface area contributed by atoms with Gasteiger partial charge < -0.3 is 9.64 Å². The van der Waals surface area contributed by atoms with Gasteiger partial charge in [0, 0.05) is 18.3 Å². The van der Waals surface area contributed by atoms with Crippen molar-refractivity contribution in [2.75, 3.05) is 7.05 Å². The summed E-state index contributed by atoms with van der Waals surface area (Å²) in [5, 5.41) is 1.000. The molecule has 0 spiro atoms. The zero-order chi connectivity index (χ0) is 17.8. The van der Waals surface area contributed by atoms with E-state index in [0.717, 1.165) is 15.6 Å². The Bertz CT molecular complexity index is 855. The molecule has 0 bridgehead atoms. The van der Waals surface area contributed by atoms with Crippen LogP contribution in [0.5, 0.6) is 0 Å². The Labute approximate surface area is 150 Å². The van der Waals surface area contributed by atoms with Crippen molar-refractivity contribution < 1.29 is 14.3 Å². The van der Waals surface area contributed by atoms with Gasteiger partial charge in [0.05, 0.1) is 0 Å². The molecule has 0 aliphatic carbocycles. The van der Waals surface area contributed by atoms with Crippen LogP contribution in [0.4, 0.5) is 0 Å². The van der Waals surface area contributed by atoms with Crippen molar-refractivity contribution in [2.24, 2.45) is 0 Å². The molecule has 5 heteroatoms. The summed E-state index contributed by atoms with van der Waals surface area (Å²) in [4.78, 5) is 26.8. The number of thiophene rings is 1. The second-order valence-corrected chi connectivity index (χ2v) is 6.96. The summed E-state index contributed by atoms with van der Waals surface area (Å²) in [6, 6.07) is 19.3. The first-order valence-corrected chi connectivity index (χ1v) is 8.84. The second kappa shape index (κ2) is 7.49. The first kappa shape index (κ1) is 17.2. The third-order valence-electron chi connectivity index (χ3n) is 3.90. The fraction of sp³-hybridized carbons (Fsp3) is 0.200. The third-order valence-corrected chi connectivity index (χ3v) is 4.99. The molecule has 1 heterocycles. The number of fused-ring (bicyclic) bond motifs is 1. The highest BCUT2D eigenvalue weighted by Gasteiger charge is 2.23. The number of rotatable bonds is 5. The normalized spacial score (nSPS) is 11.9. The Morgan fingerprint density at radius 3 is 2.48 bits per heavy atom. The van der Waals surface area contributed by atoms with Crippen LogP contribution in [-0.2, 0) is 16.1 Å². The minimum atomic E-state index is -0.827. The summed E-state index contributed by atoms with van der Waals surface area (Å²) in [6.45, 7) is 2.08. The Balaban J connectivity index is 1.63. The van der Waals surface area contributed by atoms with E-state index in [9.17, 15) is 9.59 Å². The summed E-state index contributed by atoms with van der Waals surface area (Å²) in [7, 11) is 1.71. The molecule has 2 aromatic carbocycles. The molecule has 0 aliphatic rings. The molecule has 0 radical (unpaired) electrons. The minimum absolute atomic E-state index is 0.224. The lowest BCUT2D eigenvalue weighted by molar-refractivity contribution is -0.139. The van der Waals surface area contributed by atoms with Crippen molar-refractivity contribution in [3.05, 3.63) is 71.1 Å². The maximum absolute atomic E-state index is 12.4. The van der Waals surface area contributed by atoms with Gasteiger partial charge in [0.1, 0.15) is 4.88 Å². The molecule has 0 aliphatic heterocycles. The molecule has 25 heavy (non-hydrogen) atoms. The van der Waals surface area contributed by atoms with Gasteiger partial charge in [-0.2, -0.15) is 0 Å². The second-order valence-electron chi connectivity index (χ2n) is 5.88. The van der Waals surface area contributed by atoms with Crippen LogP contribution in [0.15, 0.2) is 60.7 Å². The molecule has 0 fully saturated rings. The van der Waals surface area contributed by atoms with E-state index in [1.165, 1.54) is 11.3 Å². The number of carbonyl (C=O) groups is 2. The number of nitrogens with zero attached hydrogens (tertiary/aromatic N) is 1. The van der Waals surface area contributed by atoms with Gasteiger partial charge in [-0.3, -0.25) is 4.79 Å². The highest BCUT2D eigenvalue weighted by molar-refractivity contribution is 7.20. The Morgan fingerprint density at radius 1 is 1.08 bits per heavy atom. The van der Waals surface area contributed by atoms with Crippen LogP contribution >= 0.6 is 11.3 Å². The van der Waals surface area contributed by atoms with E-state index in [1.807, 2.05) is 54.6 Å². The molecule has 1 atom stereocenters. The minimum Gasteiger partial charge on any atom is -0.448 e. The molecule has 0 N–H and O–H groups in total. The molecule has 3 aromatic rings. The summed E-state index contributed by atoms with van der Waals surface area (Å²) < 4.78 is 6.39. The van der Waals surface area contributed by atoms with Gasteiger partial charge in [0.2, 0.25) is 0 Å². The quantitative estimate of drug-likeness (QED) is 0.649. The molecule has 1 amide bonds. The van der Waals surface area contributed by atoms with Crippen LogP contribution in [0.1, 0.15) is 22.2 Å². The lowest BCUT2D eigenvalue weighted by Gasteiger charge is -2.21. The SMILES string of the molecule is C[C@@H](OC(=O)c1cc2ccccc2s1)C(=O)N(C)Cc1ccccc1. The zero-order valence-electron chi connectivity index (χ0n) is 14.1. The maximum atomic E-state index is 12.4. The lowest BCUT2D eigenvalue weighted by Crippen LogP contribution is -2.37.